The van der Waals surface area contributed by atoms with Crippen molar-refractivity contribution in [3.05, 3.63) is 59.9 Å². The maximum Gasteiger partial charge on any atom is 0.357 e. The van der Waals surface area contributed by atoms with E-state index in [1.165, 1.54) is 24.3 Å². The molecule has 2 rings (SSSR count). The molecular formula is C17H16F2N2O2S. The largest absolute Gasteiger partial charge is 0.454 e. The lowest BCUT2D eigenvalue weighted by molar-refractivity contribution is 0.0556. The first kappa shape index (κ1) is 17.9. The highest BCUT2D eigenvalue weighted by Gasteiger charge is 2.15. The zero-order valence-electron chi connectivity index (χ0n) is 13.0. The Bertz CT molecular complexity index is 723. The van der Waals surface area contributed by atoms with Gasteiger partial charge >= 0.3 is 5.97 Å². The molecule has 1 heterocycles. The van der Waals surface area contributed by atoms with Crippen molar-refractivity contribution in [2.24, 2.45) is 0 Å². The van der Waals surface area contributed by atoms with E-state index in [0.717, 1.165) is 12.5 Å². The summed E-state index contributed by atoms with van der Waals surface area (Å²) in [6, 6.07) is 9.75. The van der Waals surface area contributed by atoms with Crippen LogP contribution in [-0.2, 0) is 4.74 Å². The van der Waals surface area contributed by atoms with Gasteiger partial charge in [-0.05, 0) is 42.8 Å². The number of thiocarbonyl (C=S) groups is 1. The van der Waals surface area contributed by atoms with Gasteiger partial charge < -0.3 is 9.64 Å². The quantitative estimate of drug-likeness (QED) is 0.451. The Balaban J connectivity index is 2.02. The van der Waals surface area contributed by atoms with Crippen LogP contribution in [-0.4, -0.2) is 29.1 Å². The highest BCUT2D eigenvalue weighted by molar-refractivity contribution is 7.80. The molecule has 4 nitrogen and oxygen atoms in total. The Hall–Kier alpha value is -2.41. The van der Waals surface area contributed by atoms with Crippen LogP contribution in [0.3, 0.4) is 0 Å². The predicted octanol–water partition coefficient (Wildman–Crippen LogP) is 3.76. The topological polar surface area (TPSA) is 42.4 Å². The molecule has 0 spiro atoms. The van der Waals surface area contributed by atoms with E-state index >= 15 is 0 Å². The second kappa shape index (κ2) is 8.44. The van der Waals surface area contributed by atoms with E-state index in [2.05, 4.69) is 4.98 Å². The molecule has 0 atom stereocenters. The first-order chi connectivity index (χ1) is 11.5. The molecule has 0 unspecified atom stereocenters. The Morgan fingerprint density at radius 3 is 2.54 bits per heavy atom. The zero-order chi connectivity index (χ0) is 17.5. The number of anilines is 1. The average Bonchev–Trinajstić information content (AvgIpc) is 2.58. The van der Waals surface area contributed by atoms with Crippen LogP contribution < -0.4 is 4.90 Å². The summed E-state index contributed by atoms with van der Waals surface area (Å²) in [6.45, 7) is 2.42. The second-order valence-electron chi connectivity index (χ2n) is 4.94. The van der Waals surface area contributed by atoms with E-state index in [-0.39, 0.29) is 18.1 Å². The second-order valence-corrected chi connectivity index (χ2v) is 5.41. The minimum absolute atomic E-state index is 0.123. The number of carbonyl (C=O) groups excluding carboxylic acids is 1. The van der Waals surface area contributed by atoms with Gasteiger partial charge in [-0.25, -0.2) is 14.2 Å². The molecule has 0 aliphatic carbocycles. The summed E-state index contributed by atoms with van der Waals surface area (Å²) in [7, 11) is 0. The van der Waals surface area contributed by atoms with E-state index in [0.29, 0.717) is 17.2 Å². The maximum absolute atomic E-state index is 13.1. The van der Waals surface area contributed by atoms with Crippen LogP contribution in [0.4, 0.5) is 14.5 Å². The molecule has 2 aromatic rings. The Kier molecular flexibility index (Phi) is 6.31. The van der Waals surface area contributed by atoms with Gasteiger partial charge in [-0.2, -0.15) is 4.39 Å². The molecule has 0 amide bonds. The van der Waals surface area contributed by atoms with E-state index < -0.39 is 11.9 Å². The highest BCUT2D eigenvalue weighted by atomic mass is 32.1. The number of nitrogens with zero attached hydrogens (tertiary/aromatic N) is 2. The van der Waals surface area contributed by atoms with Gasteiger partial charge in [-0.1, -0.05) is 25.2 Å². The molecule has 0 fully saturated rings. The van der Waals surface area contributed by atoms with E-state index in [1.54, 1.807) is 17.0 Å². The van der Waals surface area contributed by atoms with Crippen molar-refractivity contribution in [2.75, 3.05) is 18.1 Å². The number of esters is 1. The Labute approximate surface area is 144 Å². The van der Waals surface area contributed by atoms with Crippen molar-refractivity contribution >= 4 is 28.9 Å². The van der Waals surface area contributed by atoms with Gasteiger partial charge in [0, 0.05) is 12.2 Å². The van der Waals surface area contributed by atoms with Gasteiger partial charge in [0.15, 0.2) is 5.69 Å². The molecule has 0 aliphatic rings. The van der Waals surface area contributed by atoms with Crippen molar-refractivity contribution in [3.8, 4) is 0 Å². The molecule has 7 heteroatoms. The standard InChI is InChI=1S/C17H16F2N2O2S/c1-2-10-21(13-8-6-12(18)7-9-13)16(24)11-23-17(22)14-4-3-5-15(19)20-14/h3-9H,2,10-11H2,1H3. The van der Waals surface area contributed by atoms with Crippen LogP contribution >= 0.6 is 12.2 Å². The molecule has 126 valence electrons. The number of hydrogen-bond donors (Lipinski definition) is 0. The van der Waals surface area contributed by atoms with Crippen LogP contribution in [0, 0.1) is 11.8 Å². The van der Waals surface area contributed by atoms with Gasteiger partial charge in [-0.3, -0.25) is 0 Å². The summed E-state index contributed by atoms with van der Waals surface area (Å²) in [4.78, 5) is 17.5. The smallest absolute Gasteiger partial charge is 0.357 e. The van der Waals surface area contributed by atoms with E-state index in [1.807, 2.05) is 6.92 Å². The monoisotopic (exact) mass is 350 g/mol. The molecule has 0 aliphatic heterocycles. The fourth-order valence-corrected chi connectivity index (χ4v) is 2.30. The van der Waals surface area contributed by atoms with E-state index in [4.69, 9.17) is 17.0 Å². The summed E-state index contributed by atoms with van der Waals surface area (Å²) >= 11 is 5.31. The number of ether oxygens (including phenoxy) is 1. The van der Waals surface area contributed by atoms with Gasteiger partial charge in [0.05, 0.1) is 0 Å². The molecule has 1 aromatic heterocycles. The molecule has 24 heavy (non-hydrogen) atoms. The minimum atomic E-state index is -0.758. The molecule has 0 radical (unpaired) electrons. The third kappa shape index (κ3) is 4.79. The lowest BCUT2D eigenvalue weighted by Gasteiger charge is -2.24. The number of pyridine rings is 1. The maximum atomic E-state index is 13.1. The Morgan fingerprint density at radius 2 is 1.92 bits per heavy atom. The SMILES string of the molecule is CCCN(C(=S)COC(=O)c1cccc(F)n1)c1ccc(F)cc1. The third-order valence-corrected chi connectivity index (χ3v) is 3.48. The minimum Gasteiger partial charge on any atom is -0.454 e. The average molecular weight is 350 g/mol. The number of rotatable bonds is 6. The normalized spacial score (nSPS) is 10.3. The fourth-order valence-electron chi connectivity index (χ4n) is 2.04. The number of hydrogen-bond acceptors (Lipinski definition) is 4. The van der Waals surface area contributed by atoms with Crippen molar-refractivity contribution in [1.29, 1.82) is 0 Å². The van der Waals surface area contributed by atoms with Gasteiger partial charge in [-0.15, -0.1) is 0 Å². The first-order valence-corrected chi connectivity index (χ1v) is 7.77. The predicted molar refractivity (Wildman–Crippen MR) is 91.1 cm³/mol. The number of benzene rings is 1. The third-order valence-electron chi connectivity index (χ3n) is 3.14. The number of carbonyl (C=O) groups is 1. The lowest BCUT2D eigenvalue weighted by atomic mass is 10.2. The van der Waals surface area contributed by atoms with Crippen molar-refractivity contribution in [3.63, 3.8) is 0 Å². The van der Waals surface area contributed by atoms with Gasteiger partial charge in [0.2, 0.25) is 5.95 Å². The number of aromatic nitrogens is 1. The number of halogens is 2. The fraction of sp³-hybridized carbons (Fsp3) is 0.235. The van der Waals surface area contributed by atoms with Crippen LogP contribution in [0.15, 0.2) is 42.5 Å². The first-order valence-electron chi connectivity index (χ1n) is 7.37. The molecule has 1 aromatic carbocycles. The molecule has 0 saturated carbocycles. The Morgan fingerprint density at radius 1 is 1.21 bits per heavy atom. The zero-order valence-corrected chi connectivity index (χ0v) is 13.9. The molecule has 0 saturated heterocycles. The summed E-state index contributed by atoms with van der Waals surface area (Å²) in [5.74, 6) is -1.86. The van der Waals surface area contributed by atoms with E-state index in [9.17, 15) is 13.6 Å². The van der Waals surface area contributed by atoms with Crippen molar-refractivity contribution in [1.82, 2.24) is 4.98 Å². The van der Waals surface area contributed by atoms with Crippen LogP contribution in [0.5, 0.6) is 0 Å². The lowest BCUT2D eigenvalue weighted by Crippen LogP contribution is -2.34. The van der Waals surface area contributed by atoms with Crippen LogP contribution in [0.2, 0.25) is 0 Å². The molecule has 0 N–H and O–H groups in total. The summed E-state index contributed by atoms with van der Waals surface area (Å²) in [5.41, 5.74) is 0.588. The van der Waals surface area contributed by atoms with Crippen molar-refractivity contribution < 1.29 is 18.3 Å². The molecule has 0 bridgehead atoms. The summed E-state index contributed by atoms with van der Waals surface area (Å²) < 4.78 is 31.2. The summed E-state index contributed by atoms with van der Waals surface area (Å²) in [5, 5.41) is 0. The molecular weight excluding hydrogens is 334 g/mol. The van der Waals surface area contributed by atoms with Gasteiger partial charge in [0.25, 0.3) is 0 Å². The summed E-state index contributed by atoms with van der Waals surface area (Å²) in [6.07, 6.45) is 0.802. The van der Waals surface area contributed by atoms with Gasteiger partial charge in [0.1, 0.15) is 17.4 Å². The van der Waals surface area contributed by atoms with Crippen LogP contribution in [0.25, 0.3) is 0 Å². The van der Waals surface area contributed by atoms with Crippen molar-refractivity contribution in [2.45, 2.75) is 13.3 Å². The highest BCUT2D eigenvalue weighted by Crippen LogP contribution is 2.16. The van der Waals surface area contributed by atoms with Crippen LogP contribution in [0.1, 0.15) is 23.8 Å².